The third kappa shape index (κ3) is 2.88. The lowest BCUT2D eigenvalue weighted by Gasteiger charge is -2.19. The minimum absolute atomic E-state index is 0.608. The molecule has 2 heterocycles. The summed E-state index contributed by atoms with van der Waals surface area (Å²) in [7, 11) is 2.02. The molecule has 0 bridgehead atoms. The van der Waals surface area contributed by atoms with Gasteiger partial charge in [0, 0.05) is 19.4 Å². The average Bonchev–Trinajstić information content (AvgIpc) is 2.89. The van der Waals surface area contributed by atoms with Gasteiger partial charge in [0.05, 0.1) is 12.2 Å². The molecule has 0 unspecified atom stereocenters. The van der Waals surface area contributed by atoms with E-state index in [1.807, 2.05) is 48.9 Å². The molecule has 0 aliphatic carbocycles. The van der Waals surface area contributed by atoms with Crippen molar-refractivity contribution in [2.75, 3.05) is 25.1 Å². The van der Waals surface area contributed by atoms with Gasteiger partial charge >= 0.3 is 0 Å². The number of likely N-dealkylation sites (N-methyl/N-ethyl adjacent to an activating group) is 1. The van der Waals surface area contributed by atoms with Crippen LogP contribution in [0.1, 0.15) is 11.3 Å². The maximum atomic E-state index is 5.85. The first-order valence-electron chi connectivity index (χ1n) is 7.36. The second-order valence-electron chi connectivity index (χ2n) is 5.40. The quantitative estimate of drug-likeness (QED) is 0.726. The predicted octanol–water partition coefficient (Wildman–Crippen LogP) is 2.86. The number of hydrogen-bond acceptors (Lipinski definition) is 4. The van der Waals surface area contributed by atoms with Crippen molar-refractivity contribution in [1.82, 2.24) is 14.6 Å². The first-order chi connectivity index (χ1) is 10.6. The maximum Gasteiger partial charge on any atom is 0.154 e. The van der Waals surface area contributed by atoms with Gasteiger partial charge in [0.25, 0.3) is 0 Å². The van der Waals surface area contributed by atoms with Crippen LogP contribution in [0.5, 0.6) is 5.75 Å². The molecule has 0 saturated heterocycles. The van der Waals surface area contributed by atoms with Crippen LogP contribution < -0.4 is 9.64 Å². The summed E-state index contributed by atoms with van der Waals surface area (Å²) in [5.74, 6) is 1.85. The number of rotatable bonds is 5. The molecule has 114 valence electrons. The Kier molecular flexibility index (Phi) is 3.96. The minimum atomic E-state index is 0.608. The molecule has 22 heavy (non-hydrogen) atoms. The number of nitrogens with zero attached hydrogens (tertiary/aromatic N) is 4. The van der Waals surface area contributed by atoms with Gasteiger partial charge in [0.2, 0.25) is 0 Å². The molecule has 1 aromatic carbocycles. The van der Waals surface area contributed by atoms with Gasteiger partial charge in [0.1, 0.15) is 17.9 Å². The second-order valence-corrected chi connectivity index (χ2v) is 5.40. The summed E-state index contributed by atoms with van der Waals surface area (Å²) in [6.07, 6.45) is 3.64. The van der Waals surface area contributed by atoms with Crippen molar-refractivity contribution in [1.29, 1.82) is 0 Å². The highest BCUT2D eigenvalue weighted by Crippen LogP contribution is 2.19. The third-order valence-corrected chi connectivity index (χ3v) is 3.63. The van der Waals surface area contributed by atoms with Crippen LogP contribution in [0.2, 0.25) is 0 Å². The predicted molar refractivity (Wildman–Crippen MR) is 87.7 cm³/mol. The van der Waals surface area contributed by atoms with E-state index in [9.17, 15) is 0 Å². The van der Waals surface area contributed by atoms with Crippen molar-refractivity contribution in [3.05, 3.63) is 54.0 Å². The van der Waals surface area contributed by atoms with Crippen LogP contribution in [0.4, 0.5) is 5.82 Å². The van der Waals surface area contributed by atoms with E-state index in [2.05, 4.69) is 28.0 Å². The van der Waals surface area contributed by atoms with Gasteiger partial charge in [-0.15, -0.1) is 0 Å². The molecule has 0 amide bonds. The number of hydrogen-bond donors (Lipinski definition) is 0. The van der Waals surface area contributed by atoms with Crippen molar-refractivity contribution < 1.29 is 4.74 Å². The largest absolute Gasteiger partial charge is 0.491 e. The molecule has 3 aromatic rings. The Morgan fingerprint density at radius 1 is 1.23 bits per heavy atom. The Balaban J connectivity index is 1.69. The van der Waals surface area contributed by atoms with Gasteiger partial charge in [-0.25, -0.2) is 9.50 Å². The number of benzene rings is 1. The van der Waals surface area contributed by atoms with Crippen LogP contribution >= 0.6 is 0 Å². The zero-order valence-electron chi connectivity index (χ0n) is 13.2. The van der Waals surface area contributed by atoms with E-state index in [-0.39, 0.29) is 0 Å². The molecule has 0 aliphatic heterocycles. The molecular formula is C17H20N4O. The van der Waals surface area contributed by atoms with Crippen molar-refractivity contribution in [2.45, 2.75) is 13.8 Å². The molecule has 5 heteroatoms. The van der Waals surface area contributed by atoms with Crippen LogP contribution in [-0.2, 0) is 0 Å². The first-order valence-corrected chi connectivity index (χ1v) is 7.36. The molecule has 0 saturated carbocycles. The Morgan fingerprint density at radius 3 is 2.86 bits per heavy atom. The van der Waals surface area contributed by atoms with Gasteiger partial charge in [0.15, 0.2) is 5.82 Å². The lowest BCUT2D eigenvalue weighted by atomic mass is 10.2. The zero-order chi connectivity index (χ0) is 15.5. The van der Waals surface area contributed by atoms with Crippen molar-refractivity contribution in [2.24, 2.45) is 0 Å². The number of ether oxygens (including phenoxy) is 1. The lowest BCUT2D eigenvalue weighted by Crippen LogP contribution is -2.25. The van der Waals surface area contributed by atoms with Gasteiger partial charge in [-0.2, -0.15) is 5.10 Å². The summed E-state index contributed by atoms with van der Waals surface area (Å²) in [5.41, 5.74) is 3.15. The second kappa shape index (κ2) is 6.05. The number of aromatic nitrogens is 3. The Bertz CT molecular complexity index is 781. The van der Waals surface area contributed by atoms with Gasteiger partial charge in [-0.3, -0.25) is 0 Å². The average molecular weight is 296 g/mol. The number of para-hydroxylation sites is 1. The zero-order valence-corrected chi connectivity index (χ0v) is 13.2. The highest BCUT2D eigenvalue weighted by Gasteiger charge is 2.10. The third-order valence-electron chi connectivity index (χ3n) is 3.63. The molecule has 0 radical (unpaired) electrons. The molecule has 0 spiro atoms. The Labute approximate surface area is 130 Å². The van der Waals surface area contributed by atoms with Crippen molar-refractivity contribution in [3.8, 4) is 5.75 Å². The van der Waals surface area contributed by atoms with Crippen molar-refractivity contribution >= 4 is 11.3 Å². The van der Waals surface area contributed by atoms with Crippen LogP contribution in [0, 0.1) is 13.8 Å². The van der Waals surface area contributed by atoms with E-state index < -0.39 is 0 Å². The van der Waals surface area contributed by atoms with Crippen LogP contribution in [0.15, 0.2) is 42.7 Å². The van der Waals surface area contributed by atoms with E-state index in [4.69, 9.17) is 4.74 Å². The summed E-state index contributed by atoms with van der Waals surface area (Å²) in [4.78, 5) is 6.56. The Morgan fingerprint density at radius 2 is 2.05 bits per heavy atom. The summed E-state index contributed by atoms with van der Waals surface area (Å²) >= 11 is 0. The normalized spacial score (nSPS) is 10.9. The SMILES string of the molecule is Cc1cc2c(N(C)CCOc3ccccc3C)nccn2n1. The number of aryl methyl sites for hydroxylation is 2. The first kappa shape index (κ1) is 14.4. The molecule has 0 aliphatic rings. The van der Waals surface area contributed by atoms with Gasteiger partial charge in [-0.1, -0.05) is 18.2 Å². The smallest absolute Gasteiger partial charge is 0.154 e. The van der Waals surface area contributed by atoms with E-state index in [0.29, 0.717) is 6.61 Å². The fraction of sp³-hybridized carbons (Fsp3) is 0.294. The highest BCUT2D eigenvalue weighted by atomic mass is 16.5. The maximum absolute atomic E-state index is 5.85. The van der Waals surface area contributed by atoms with Crippen LogP contribution in [0.25, 0.3) is 5.52 Å². The molecule has 2 aromatic heterocycles. The molecule has 0 fully saturated rings. The molecule has 0 atom stereocenters. The minimum Gasteiger partial charge on any atom is -0.491 e. The topological polar surface area (TPSA) is 42.7 Å². The monoisotopic (exact) mass is 296 g/mol. The summed E-state index contributed by atoms with van der Waals surface area (Å²) in [6, 6.07) is 10.1. The number of fused-ring (bicyclic) bond motifs is 1. The summed E-state index contributed by atoms with van der Waals surface area (Å²) in [6.45, 7) is 5.40. The number of anilines is 1. The molecular weight excluding hydrogens is 276 g/mol. The van der Waals surface area contributed by atoms with Gasteiger partial charge in [-0.05, 0) is 31.5 Å². The van der Waals surface area contributed by atoms with E-state index in [1.165, 1.54) is 0 Å². The molecule has 0 N–H and O–H groups in total. The molecule has 3 rings (SSSR count). The van der Waals surface area contributed by atoms with Gasteiger partial charge < -0.3 is 9.64 Å². The summed E-state index contributed by atoms with van der Waals surface area (Å²) in [5, 5.41) is 4.41. The highest BCUT2D eigenvalue weighted by molar-refractivity contribution is 5.68. The standard InChI is InChI=1S/C17H20N4O/c1-13-6-4-5-7-16(13)22-11-10-20(3)17-15-12-14(2)19-21(15)9-8-18-17/h4-9,12H,10-11H2,1-3H3. The molecule has 5 nitrogen and oxygen atoms in total. The van der Waals surface area contributed by atoms with E-state index in [1.54, 1.807) is 6.20 Å². The van der Waals surface area contributed by atoms with Crippen molar-refractivity contribution in [3.63, 3.8) is 0 Å². The fourth-order valence-electron chi connectivity index (χ4n) is 2.44. The lowest BCUT2D eigenvalue weighted by molar-refractivity contribution is 0.323. The fourth-order valence-corrected chi connectivity index (χ4v) is 2.44. The van der Waals surface area contributed by atoms with Crippen LogP contribution in [0.3, 0.4) is 0 Å². The van der Waals surface area contributed by atoms with E-state index in [0.717, 1.165) is 34.9 Å². The summed E-state index contributed by atoms with van der Waals surface area (Å²) < 4.78 is 7.71. The van der Waals surface area contributed by atoms with Crippen LogP contribution in [-0.4, -0.2) is 34.8 Å². The van der Waals surface area contributed by atoms with E-state index >= 15 is 0 Å². The Hall–Kier alpha value is -2.56.